The summed E-state index contributed by atoms with van der Waals surface area (Å²) in [4.78, 5) is 41.3. The van der Waals surface area contributed by atoms with Crippen molar-refractivity contribution >= 4 is 35.3 Å². The fraction of sp³-hybridized carbons (Fsp3) is 0.320. The van der Waals surface area contributed by atoms with Crippen LogP contribution in [0.15, 0.2) is 48.0 Å². The molecule has 0 aliphatic carbocycles. The van der Waals surface area contributed by atoms with Crippen LogP contribution in [0.25, 0.3) is 6.08 Å². The molecular formula is C25H27N3O3. The van der Waals surface area contributed by atoms with E-state index in [1.54, 1.807) is 24.3 Å². The number of fused-ring (bicyclic) bond motifs is 1. The molecule has 6 heteroatoms. The summed E-state index contributed by atoms with van der Waals surface area (Å²) < 4.78 is 0. The number of nitrogens with zero attached hydrogens (tertiary/aromatic N) is 2. The van der Waals surface area contributed by atoms with Gasteiger partial charge in [0, 0.05) is 18.3 Å². The summed E-state index contributed by atoms with van der Waals surface area (Å²) in [5.41, 5.74) is 4.45. The normalized spacial score (nSPS) is 21.9. The quantitative estimate of drug-likeness (QED) is 0.581. The Morgan fingerprint density at radius 3 is 2.55 bits per heavy atom. The lowest BCUT2D eigenvalue weighted by Gasteiger charge is -2.45. The number of benzene rings is 2. The maximum absolute atomic E-state index is 13.1. The van der Waals surface area contributed by atoms with Crippen molar-refractivity contribution in [2.24, 2.45) is 0 Å². The van der Waals surface area contributed by atoms with Gasteiger partial charge in [-0.3, -0.25) is 14.9 Å². The number of hydrogen-bond donors (Lipinski definition) is 1. The molecule has 0 aromatic heterocycles. The fourth-order valence-electron chi connectivity index (χ4n) is 4.51. The minimum absolute atomic E-state index is 0.0559. The van der Waals surface area contributed by atoms with Crippen molar-refractivity contribution < 1.29 is 14.4 Å². The van der Waals surface area contributed by atoms with E-state index in [0.29, 0.717) is 11.6 Å². The molecule has 4 rings (SSSR count). The number of nitrogens with one attached hydrogen (secondary N) is 1. The van der Waals surface area contributed by atoms with Crippen molar-refractivity contribution in [1.82, 2.24) is 5.32 Å². The Morgan fingerprint density at radius 2 is 1.84 bits per heavy atom. The molecule has 4 amide bonds. The molecule has 160 valence electrons. The molecule has 31 heavy (non-hydrogen) atoms. The van der Waals surface area contributed by atoms with Crippen molar-refractivity contribution in [2.75, 3.05) is 16.8 Å². The Kier molecular flexibility index (Phi) is 4.96. The molecule has 2 aromatic carbocycles. The van der Waals surface area contributed by atoms with Gasteiger partial charge in [-0.15, -0.1) is 0 Å². The van der Waals surface area contributed by atoms with Crippen molar-refractivity contribution in [2.45, 2.75) is 45.6 Å². The molecule has 6 nitrogen and oxygen atoms in total. The number of barbiturate groups is 1. The fourth-order valence-corrected chi connectivity index (χ4v) is 4.51. The van der Waals surface area contributed by atoms with Gasteiger partial charge in [-0.2, -0.15) is 0 Å². The van der Waals surface area contributed by atoms with Gasteiger partial charge in [-0.1, -0.05) is 25.1 Å². The first-order valence-corrected chi connectivity index (χ1v) is 10.4. The van der Waals surface area contributed by atoms with Gasteiger partial charge in [0.1, 0.15) is 5.57 Å². The van der Waals surface area contributed by atoms with Crippen molar-refractivity contribution in [3.05, 3.63) is 64.7 Å². The molecule has 0 spiro atoms. The van der Waals surface area contributed by atoms with Gasteiger partial charge in [0.25, 0.3) is 11.8 Å². The molecular weight excluding hydrogens is 390 g/mol. The zero-order chi connectivity index (χ0) is 22.5. The van der Waals surface area contributed by atoms with Gasteiger partial charge in [0.05, 0.1) is 5.69 Å². The highest BCUT2D eigenvalue weighted by molar-refractivity contribution is 6.39. The Balaban J connectivity index is 1.73. The lowest BCUT2D eigenvalue weighted by Crippen LogP contribution is -2.54. The first kappa shape index (κ1) is 20.8. The predicted molar refractivity (Wildman–Crippen MR) is 122 cm³/mol. The second-order valence-corrected chi connectivity index (χ2v) is 9.09. The number of amides is 4. The number of carbonyl (C=O) groups excluding carboxylic acids is 3. The van der Waals surface area contributed by atoms with Crippen LogP contribution in [-0.4, -0.2) is 30.4 Å². The van der Waals surface area contributed by atoms with Gasteiger partial charge < -0.3 is 4.90 Å². The van der Waals surface area contributed by atoms with E-state index in [2.05, 4.69) is 38.0 Å². The van der Waals surface area contributed by atoms with Gasteiger partial charge in [0.2, 0.25) is 0 Å². The van der Waals surface area contributed by atoms with Crippen LogP contribution in [-0.2, 0) is 9.59 Å². The Bertz CT molecular complexity index is 1130. The van der Waals surface area contributed by atoms with Crippen molar-refractivity contribution in [1.29, 1.82) is 0 Å². The third kappa shape index (κ3) is 3.63. The van der Waals surface area contributed by atoms with E-state index in [-0.39, 0.29) is 11.1 Å². The number of aryl methyl sites for hydroxylation is 1. The predicted octanol–water partition coefficient (Wildman–Crippen LogP) is 4.38. The van der Waals surface area contributed by atoms with Gasteiger partial charge >= 0.3 is 6.03 Å². The summed E-state index contributed by atoms with van der Waals surface area (Å²) in [6.45, 7) is 8.53. The molecule has 0 bridgehead atoms. The number of anilines is 2. The first-order chi connectivity index (χ1) is 14.6. The number of rotatable bonds is 2. The molecule has 0 saturated carbocycles. The lowest BCUT2D eigenvalue weighted by molar-refractivity contribution is -0.122. The van der Waals surface area contributed by atoms with Crippen LogP contribution in [0.1, 0.15) is 49.8 Å². The smallest absolute Gasteiger partial charge is 0.335 e. The maximum Gasteiger partial charge on any atom is 0.335 e. The summed E-state index contributed by atoms with van der Waals surface area (Å²) in [7, 11) is 2.09. The molecule has 2 aliphatic heterocycles. The Morgan fingerprint density at radius 1 is 1.10 bits per heavy atom. The molecule has 2 aliphatic rings. The second-order valence-electron chi connectivity index (χ2n) is 9.09. The van der Waals surface area contributed by atoms with Crippen molar-refractivity contribution in [3.8, 4) is 0 Å². The van der Waals surface area contributed by atoms with Crippen LogP contribution in [0.3, 0.4) is 0 Å². The third-order valence-corrected chi connectivity index (χ3v) is 6.33. The monoisotopic (exact) mass is 417 g/mol. The van der Waals surface area contributed by atoms with Gasteiger partial charge in [-0.25, -0.2) is 9.69 Å². The zero-order valence-corrected chi connectivity index (χ0v) is 18.5. The van der Waals surface area contributed by atoms with E-state index < -0.39 is 17.8 Å². The summed E-state index contributed by atoms with van der Waals surface area (Å²) in [6, 6.07) is 12.3. The molecule has 1 N–H and O–H groups in total. The zero-order valence-electron chi connectivity index (χ0n) is 18.5. The highest BCUT2D eigenvalue weighted by Gasteiger charge is 2.37. The Hall–Kier alpha value is -3.41. The number of imide groups is 2. The van der Waals surface area contributed by atoms with Crippen LogP contribution >= 0.6 is 0 Å². The number of carbonyl (C=O) groups is 3. The van der Waals surface area contributed by atoms with E-state index in [1.165, 1.54) is 5.56 Å². The molecule has 1 atom stereocenters. The summed E-state index contributed by atoms with van der Waals surface area (Å²) >= 11 is 0. The van der Waals surface area contributed by atoms with Gasteiger partial charge in [0.15, 0.2) is 0 Å². The van der Waals surface area contributed by atoms with Crippen LogP contribution in [0.4, 0.5) is 16.2 Å². The minimum Gasteiger partial charge on any atom is -0.369 e. The second kappa shape index (κ2) is 7.38. The summed E-state index contributed by atoms with van der Waals surface area (Å²) in [5, 5.41) is 2.29. The number of urea groups is 1. The third-order valence-electron chi connectivity index (χ3n) is 6.33. The minimum atomic E-state index is -0.735. The average Bonchev–Trinajstić information content (AvgIpc) is 2.69. The first-order valence-electron chi connectivity index (χ1n) is 10.4. The number of hydrogen-bond acceptors (Lipinski definition) is 4. The summed E-state index contributed by atoms with van der Waals surface area (Å²) in [6.07, 6.45) is 2.57. The molecule has 1 fully saturated rings. The van der Waals surface area contributed by atoms with E-state index >= 15 is 0 Å². The molecule has 1 saturated heterocycles. The largest absolute Gasteiger partial charge is 0.369 e. The van der Waals surface area contributed by atoms with E-state index in [9.17, 15) is 14.4 Å². The van der Waals surface area contributed by atoms with Crippen LogP contribution < -0.4 is 15.1 Å². The van der Waals surface area contributed by atoms with Crippen LogP contribution in [0, 0.1) is 6.92 Å². The summed E-state index contributed by atoms with van der Waals surface area (Å²) in [5.74, 6) is -0.952. The van der Waals surface area contributed by atoms with Crippen LogP contribution in [0.2, 0.25) is 0 Å². The lowest BCUT2D eigenvalue weighted by atomic mass is 9.80. The highest BCUT2D eigenvalue weighted by atomic mass is 16.2. The van der Waals surface area contributed by atoms with Crippen molar-refractivity contribution in [3.63, 3.8) is 0 Å². The molecule has 2 aromatic rings. The SMILES string of the molecule is Cc1cccc(N2C(=O)NC(=O)/C(=C/c3ccc4c(c3)C(C)CC(C)(C)N4C)C2=O)c1. The molecule has 1 unspecified atom stereocenters. The average molecular weight is 418 g/mol. The van der Waals surface area contributed by atoms with Crippen LogP contribution in [0.5, 0.6) is 0 Å². The van der Waals surface area contributed by atoms with E-state index in [0.717, 1.165) is 28.1 Å². The van der Waals surface area contributed by atoms with Gasteiger partial charge in [-0.05, 0) is 80.1 Å². The van der Waals surface area contributed by atoms with E-state index in [4.69, 9.17) is 0 Å². The Labute approximate surface area is 182 Å². The maximum atomic E-state index is 13.1. The highest BCUT2D eigenvalue weighted by Crippen LogP contribution is 2.42. The molecule has 2 heterocycles. The standard InChI is InChI=1S/C25H27N3O3/c1-15-7-6-8-18(11-15)28-23(30)20(22(29)26-24(28)31)13-17-9-10-21-19(12-17)16(2)14-25(3,4)27(21)5/h6-13,16H,14H2,1-5H3,(H,26,29,31)/b20-13-. The molecule has 0 radical (unpaired) electrons. The van der Waals surface area contributed by atoms with E-state index in [1.807, 2.05) is 31.2 Å². The topological polar surface area (TPSA) is 69.7 Å².